The second-order valence-corrected chi connectivity index (χ2v) is 3.80. The van der Waals surface area contributed by atoms with Crippen molar-refractivity contribution in [2.45, 2.75) is 13.3 Å². The molecule has 2 aromatic carbocycles. The minimum Gasteiger partial charge on any atom is -0.295 e. The van der Waals surface area contributed by atoms with Crippen molar-refractivity contribution < 1.29 is 4.79 Å². The van der Waals surface area contributed by atoms with Crippen LogP contribution in [0.5, 0.6) is 0 Å². The molecular weight excluding hydrogens is 196 g/mol. The van der Waals surface area contributed by atoms with Gasteiger partial charge in [-0.1, -0.05) is 48.5 Å². The summed E-state index contributed by atoms with van der Waals surface area (Å²) in [7, 11) is 0. The van der Waals surface area contributed by atoms with Gasteiger partial charge in [0, 0.05) is 5.56 Å². The number of hydrogen-bond donors (Lipinski definition) is 0. The maximum atomic E-state index is 11.4. The van der Waals surface area contributed by atoms with E-state index in [2.05, 4.69) is 6.07 Å². The summed E-state index contributed by atoms with van der Waals surface area (Å²) >= 11 is 0. The minimum atomic E-state index is 0.121. The fourth-order valence-electron chi connectivity index (χ4n) is 1.78. The monoisotopic (exact) mass is 209 g/mol. The molecule has 1 nitrogen and oxygen atoms in total. The minimum absolute atomic E-state index is 0.121. The molecule has 0 saturated carbocycles. The Hall–Kier alpha value is -1.89. The molecule has 0 aliphatic heterocycles. The smallest absolute Gasteiger partial charge is 0.160 e. The van der Waals surface area contributed by atoms with Gasteiger partial charge in [0.1, 0.15) is 0 Å². The molecule has 1 heteroatoms. The molecule has 16 heavy (non-hydrogen) atoms. The van der Waals surface area contributed by atoms with Gasteiger partial charge in [-0.2, -0.15) is 0 Å². The van der Waals surface area contributed by atoms with Gasteiger partial charge < -0.3 is 0 Å². The molecule has 0 aliphatic carbocycles. The highest BCUT2D eigenvalue weighted by atomic mass is 16.1. The molecule has 0 atom stereocenters. The molecule has 0 spiro atoms. The van der Waals surface area contributed by atoms with Gasteiger partial charge in [0.2, 0.25) is 0 Å². The van der Waals surface area contributed by atoms with Gasteiger partial charge in [0.25, 0.3) is 0 Å². The van der Waals surface area contributed by atoms with Gasteiger partial charge in [-0.25, -0.2) is 0 Å². The summed E-state index contributed by atoms with van der Waals surface area (Å²) in [5.41, 5.74) is 3.07. The summed E-state index contributed by atoms with van der Waals surface area (Å²) in [6.45, 7) is 1.61. The Bertz CT molecular complexity index is 486. The fraction of sp³-hybridized carbons (Fsp3) is 0.133. The van der Waals surface area contributed by atoms with Gasteiger partial charge in [0.15, 0.2) is 5.78 Å². The Morgan fingerprint density at radius 1 is 1.19 bits per heavy atom. The van der Waals surface area contributed by atoms with E-state index in [0.717, 1.165) is 17.5 Å². The van der Waals surface area contributed by atoms with Crippen molar-refractivity contribution in [2.24, 2.45) is 0 Å². The molecule has 0 aromatic heterocycles. The first-order chi connectivity index (χ1) is 7.77. The van der Waals surface area contributed by atoms with Crippen LogP contribution in [0.3, 0.4) is 0 Å². The van der Waals surface area contributed by atoms with Crippen molar-refractivity contribution in [3.63, 3.8) is 0 Å². The van der Waals surface area contributed by atoms with Crippen LogP contribution in [-0.4, -0.2) is 5.78 Å². The number of carbonyl (C=O) groups is 1. The SMILES string of the molecule is CC(=O)c1ccccc1Cc1c[c]ccc1. The lowest BCUT2D eigenvalue weighted by atomic mass is 9.98. The highest BCUT2D eigenvalue weighted by Gasteiger charge is 2.06. The third-order valence-corrected chi connectivity index (χ3v) is 2.56. The number of ketones is 1. The van der Waals surface area contributed by atoms with Gasteiger partial charge in [-0.3, -0.25) is 4.79 Å². The zero-order valence-corrected chi connectivity index (χ0v) is 9.23. The topological polar surface area (TPSA) is 17.1 Å². The van der Waals surface area contributed by atoms with E-state index in [1.54, 1.807) is 6.92 Å². The zero-order chi connectivity index (χ0) is 11.4. The van der Waals surface area contributed by atoms with Crippen LogP contribution in [0, 0.1) is 6.07 Å². The quantitative estimate of drug-likeness (QED) is 0.709. The van der Waals surface area contributed by atoms with Crippen LogP contribution in [0.15, 0.2) is 48.5 Å². The maximum absolute atomic E-state index is 11.4. The normalized spacial score (nSPS) is 10.1. The Balaban J connectivity index is 2.31. The first-order valence-corrected chi connectivity index (χ1v) is 5.31. The van der Waals surface area contributed by atoms with Crippen LogP contribution in [0.25, 0.3) is 0 Å². The predicted octanol–water partition coefficient (Wildman–Crippen LogP) is 3.28. The highest BCUT2D eigenvalue weighted by molar-refractivity contribution is 5.95. The average Bonchev–Trinajstić information content (AvgIpc) is 2.31. The van der Waals surface area contributed by atoms with E-state index in [9.17, 15) is 4.79 Å². The Kier molecular flexibility index (Phi) is 3.16. The first-order valence-electron chi connectivity index (χ1n) is 5.31. The molecule has 0 bridgehead atoms. The van der Waals surface area contributed by atoms with Gasteiger partial charge >= 0.3 is 0 Å². The molecule has 0 saturated heterocycles. The molecule has 0 aliphatic rings. The molecule has 2 rings (SSSR count). The lowest BCUT2D eigenvalue weighted by Crippen LogP contribution is -1.99. The molecule has 0 N–H and O–H groups in total. The Morgan fingerprint density at radius 3 is 2.69 bits per heavy atom. The Labute approximate surface area is 95.7 Å². The maximum Gasteiger partial charge on any atom is 0.160 e. The van der Waals surface area contributed by atoms with Crippen LogP contribution in [0.1, 0.15) is 28.4 Å². The molecule has 79 valence electrons. The largest absolute Gasteiger partial charge is 0.295 e. The average molecular weight is 209 g/mol. The van der Waals surface area contributed by atoms with E-state index in [0.29, 0.717) is 0 Å². The molecule has 0 heterocycles. The van der Waals surface area contributed by atoms with Crippen molar-refractivity contribution >= 4 is 5.78 Å². The van der Waals surface area contributed by atoms with E-state index in [-0.39, 0.29) is 5.78 Å². The summed E-state index contributed by atoms with van der Waals surface area (Å²) in [5, 5.41) is 0. The molecule has 0 amide bonds. The van der Waals surface area contributed by atoms with E-state index in [4.69, 9.17) is 0 Å². The zero-order valence-electron chi connectivity index (χ0n) is 9.23. The van der Waals surface area contributed by atoms with Crippen LogP contribution < -0.4 is 0 Å². The van der Waals surface area contributed by atoms with Gasteiger partial charge in [-0.05, 0) is 30.5 Å². The van der Waals surface area contributed by atoms with E-state index in [1.807, 2.05) is 48.5 Å². The van der Waals surface area contributed by atoms with Crippen molar-refractivity contribution in [2.75, 3.05) is 0 Å². The van der Waals surface area contributed by atoms with E-state index in [1.165, 1.54) is 5.56 Å². The summed E-state index contributed by atoms with van der Waals surface area (Å²) in [6, 6.07) is 18.6. The molecule has 0 unspecified atom stereocenters. The Morgan fingerprint density at radius 2 is 2.00 bits per heavy atom. The second-order valence-electron chi connectivity index (χ2n) is 3.80. The molecular formula is C15H13O. The number of benzene rings is 2. The summed E-state index contributed by atoms with van der Waals surface area (Å²) in [5.74, 6) is 0.121. The lowest BCUT2D eigenvalue weighted by molar-refractivity contribution is 0.101. The van der Waals surface area contributed by atoms with Crippen LogP contribution in [0.4, 0.5) is 0 Å². The molecule has 1 radical (unpaired) electrons. The first kappa shape index (κ1) is 10.6. The highest BCUT2D eigenvalue weighted by Crippen LogP contribution is 2.14. The fourth-order valence-corrected chi connectivity index (χ4v) is 1.78. The standard InChI is InChI=1S/C15H13O/c1-12(16)15-10-6-5-9-14(15)11-13-7-3-2-4-8-13/h2-3,5-10H,11H2,1H3. The third-order valence-electron chi connectivity index (χ3n) is 2.56. The van der Waals surface area contributed by atoms with Crippen LogP contribution in [0.2, 0.25) is 0 Å². The number of rotatable bonds is 3. The lowest BCUT2D eigenvalue weighted by Gasteiger charge is -2.06. The summed E-state index contributed by atoms with van der Waals surface area (Å²) in [6.07, 6.45) is 0.785. The summed E-state index contributed by atoms with van der Waals surface area (Å²) in [4.78, 5) is 11.4. The van der Waals surface area contributed by atoms with Crippen molar-refractivity contribution in [3.05, 3.63) is 71.3 Å². The van der Waals surface area contributed by atoms with Gasteiger partial charge in [0.05, 0.1) is 0 Å². The number of Topliss-reactive ketones (excluding diaryl/α,β-unsaturated/α-hetero) is 1. The van der Waals surface area contributed by atoms with Crippen LogP contribution >= 0.6 is 0 Å². The summed E-state index contributed by atoms with van der Waals surface area (Å²) < 4.78 is 0. The number of carbonyl (C=O) groups excluding carboxylic acids is 1. The van der Waals surface area contributed by atoms with Crippen molar-refractivity contribution in [3.8, 4) is 0 Å². The van der Waals surface area contributed by atoms with Gasteiger partial charge in [-0.15, -0.1) is 0 Å². The second kappa shape index (κ2) is 4.75. The number of hydrogen-bond acceptors (Lipinski definition) is 1. The molecule has 2 aromatic rings. The van der Waals surface area contributed by atoms with Crippen molar-refractivity contribution in [1.29, 1.82) is 0 Å². The predicted molar refractivity (Wildman–Crippen MR) is 64.5 cm³/mol. The van der Waals surface area contributed by atoms with Crippen LogP contribution in [-0.2, 0) is 6.42 Å². The third kappa shape index (κ3) is 2.37. The van der Waals surface area contributed by atoms with E-state index >= 15 is 0 Å². The van der Waals surface area contributed by atoms with Crippen molar-refractivity contribution in [1.82, 2.24) is 0 Å². The van der Waals surface area contributed by atoms with E-state index < -0.39 is 0 Å². The molecule has 0 fully saturated rings.